The maximum Gasteiger partial charge on any atom is 0.417 e. The summed E-state index contributed by atoms with van der Waals surface area (Å²) < 4.78 is 44.9. The molecule has 3 N–H and O–H groups in total. The van der Waals surface area contributed by atoms with Gasteiger partial charge in [0.2, 0.25) is 0 Å². The van der Waals surface area contributed by atoms with Crippen LogP contribution in [0.15, 0.2) is 53.8 Å². The van der Waals surface area contributed by atoms with Crippen molar-refractivity contribution in [3.8, 4) is 0 Å². The molecule has 1 aromatic carbocycles. The monoisotopic (exact) mass is 460 g/mol. The fourth-order valence-corrected chi connectivity index (χ4v) is 3.13. The molecule has 33 heavy (non-hydrogen) atoms. The molecule has 0 aliphatic carbocycles. The Bertz CT molecular complexity index is 1260. The van der Waals surface area contributed by atoms with Crippen LogP contribution in [0, 0.1) is 0 Å². The molecule has 174 valence electrons. The number of ether oxygens (including phenoxy) is 1. The summed E-state index contributed by atoms with van der Waals surface area (Å²) in [5, 5.41) is 8.33. The van der Waals surface area contributed by atoms with Crippen molar-refractivity contribution in [1.82, 2.24) is 20.1 Å². The van der Waals surface area contributed by atoms with Gasteiger partial charge in [-0.15, -0.1) is 0 Å². The standard InChI is InChI=1S/C22H23F3N6O2/c1-5-33-11-18(13(3)27-9-12(2)22(23,24)25)30-21(32)14-6-7-17-15(8-14)16-10-28-31(4)19(16)20(26)29-17/h6-10,18H,2-3,5,11H2,1,4H3,(H2,26,29)(H,30,32). The predicted octanol–water partition coefficient (Wildman–Crippen LogP) is 3.54. The van der Waals surface area contributed by atoms with Crippen LogP contribution < -0.4 is 11.1 Å². The summed E-state index contributed by atoms with van der Waals surface area (Å²) in [6, 6.07) is 4.02. The number of aryl methyl sites for hydroxylation is 1. The molecule has 0 saturated heterocycles. The van der Waals surface area contributed by atoms with Gasteiger partial charge in [0, 0.05) is 36.2 Å². The van der Waals surface area contributed by atoms with Gasteiger partial charge in [-0.25, -0.2) is 4.98 Å². The molecule has 0 spiro atoms. The van der Waals surface area contributed by atoms with Gasteiger partial charge in [0.25, 0.3) is 5.91 Å². The number of benzene rings is 1. The Balaban J connectivity index is 1.88. The molecule has 1 atom stereocenters. The number of fused-ring (bicyclic) bond motifs is 3. The van der Waals surface area contributed by atoms with Gasteiger partial charge in [0.05, 0.1) is 35.6 Å². The van der Waals surface area contributed by atoms with Crippen LogP contribution in [0.1, 0.15) is 17.3 Å². The van der Waals surface area contributed by atoms with Crippen LogP contribution in [0.2, 0.25) is 0 Å². The summed E-state index contributed by atoms with van der Waals surface area (Å²) in [6.07, 6.45) is -2.40. The maximum absolute atomic E-state index is 12.9. The molecule has 0 aliphatic heterocycles. The van der Waals surface area contributed by atoms with Crippen LogP contribution in [-0.4, -0.2) is 52.3 Å². The zero-order chi connectivity index (χ0) is 24.3. The second-order valence-corrected chi connectivity index (χ2v) is 7.22. The van der Waals surface area contributed by atoms with E-state index in [0.29, 0.717) is 40.6 Å². The Hall–Kier alpha value is -3.73. The van der Waals surface area contributed by atoms with Crippen LogP contribution in [0.3, 0.4) is 0 Å². The molecule has 3 rings (SSSR count). The maximum atomic E-state index is 12.9. The molecule has 0 bridgehead atoms. The second kappa shape index (κ2) is 9.41. The van der Waals surface area contributed by atoms with Gasteiger partial charge < -0.3 is 15.8 Å². The van der Waals surface area contributed by atoms with Crippen LogP contribution in [0.4, 0.5) is 19.0 Å². The highest BCUT2D eigenvalue weighted by atomic mass is 19.4. The summed E-state index contributed by atoms with van der Waals surface area (Å²) in [5.74, 6) is -0.164. The quantitative estimate of drug-likeness (QED) is 0.500. The highest BCUT2D eigenvalue weighted by Gasteiger charge is 2.30. The molecule has 11 heteroatoms. The van der Waals surface area contributed by atoms with Crippen molar-refractivity contribution < 1.29 is 22.7 Å². The number of halogens is 3. The summed E-state index contributed by atoms with van der Waals surface area (Å²) in [4.78, 5) is 21.0. The van der Waals surface area contributed by atoms with Crippen molar-refractivity contribution >= 4 is 39.7 Å². The third-order valence-electron chi connectivity index (χ3n) is 4.92. The SMILES string of the molecule is C=C(N=CC(=C)C(F)(F)F)C(COCC)NC(=O)c1ccc2nc(N)c3c(cnn3C)c2c1. The highest BCUT2D eigenvalue weighted by molar-refractivity contribution is 6.10. The third-order valence-corrected chi connectivity index (χ3v) is 4.92. The van der Waals surface area contributed by atoms with Gasteiger partial charge in [0.15, 0.2) is 0 Å². The molecule has 0 fully saturated rings. The average molecular weight is 460 g/mol. The molecule has 2 heterocycles. The van der Waals surface area contributed by atoms with E-state index < -0.39 is 23.7 Å². The highest BCUT2D eigenvalue weighted by Crippen LogP contribution is 2.28. The van der Waals surface area contributed by atoms with Crippen LogP contribution in [-0.2, 0) is 11.8 Å². The number of alkyl halides is 3. The van der Waals surface area contributed by atoms with Crippen LogP contribution in [0.25, 0.3) is 21.8 Å². The Morgan fingerprint density at radius 3 is 2.76 bits per heavy atom. The minimum Gasteiger partial charge on any atom is -0.382 e. The number of aliphatic imine (C=N–C) groups is 1. The zero-order valence-electron chi connectivity index (χ0n) is 18.1. The molecule has 1 amide bonds. The first-order valence-corrected chi connectivity index (χ1v) is 9.91. The van der Waals surface area contributed by atoms with Crippen molar-refractivity contribution in [3.63, 3.8) is 0 Å². The lowest BCUT2D eigenvalue weighted by Crippen LogP contribution is -2.39. The van der Waals surface area contributed by atoms with Gasteiger partial charge in [-0.3, -0.25) is 14.5 Å². The van der Waals surface area contributed by atoms with Crippen molar-refractivity contribution in [2.75, 3.05) is 18.9 Å². The topological polar surface area (TPSA) is 107 Å². The smallest absolute Gasteiger partial charge is 0.382 e. The van der Waals surface area contributed by atoms with Crippen molar-refractivity contribution in [2.24, 2.45) is 12.0 Å². The first-order chi connectivity index (χ1) is 15.5. The van der Waals surface area contributed by atoms with E-state index in [9.17, 15) is 18.0 Å². The number of anilines is 1. The molecule has 2 aromatic heterocycles. The summed E-state index contributed by atoms with van der Waals surface area (Å²) >= 11 is 0. The fraction of sp³-hybridized carbons (Fsp3) is 0.273. The summed E-state index contributed by atoms with van der Waals surface area (Å²) in [5.41, 5.74) is 6.42. The Kier molecular flexibility index (Phi) is 6.82. The van der Waals surface area contributed by atoms with Crippen LogP contribution in [0.5, 0.6) is 0 Å². The first kappa shape index (κ1) is 23.9. The van der Waals surface area contributed by atoms with E-state index in [2.05, 4.69) is 33.5 Å². The Morgan fingerprint density at radius 2 is 2.09 bits per heavy atom. The van der Waals surface area contributed by atoms with E-state index in [-0.39, 0.29) is 12.3 Å². The molecular weight excluding hydrogens is 437 g/mol. The van der Waals surface area contributed by atoms with E-state index in [0.717, 1.165) is 5.39 Å². The number of carbonyl (C=O) groups is 1. The van der Waals surface area contributed by atoms with Crippen molar-refractivity contribution in [1.29, 1.82) is 0 Å². The molecule has 0 saturated carbocycles. The lowest BCUT2D eigenvalue weighted by molar-refractivity contribution is -0.0852. The number of nitrogen functional groups attached to an aromatic ring is 1. The summed E-state index contributed by atoms with van der Waals surface area (Å²) in [6.45, 7) is 8.67. The summed E-state index contributed by atoms with van der Waals surface area (Å²) in [7, 11) is 1.74. The third kappa shape index (κ3) is 5.20. The minimum atomic E-state index is -4.61. The lowest BCUT2D eigenvalue weighted by Gasteiger charge is -2.19. The minimum absolute atomic E-state index is 0.00733. The molecule has 0 aliphatic rings. The number of nitrogens with two attached hydrogens (primary N) is 1. The number of hydrogen-bond acceptors (Lipinski definition) is 6. The van der Waals surface area contributed by atoms with Crippen molar-refractivity contribution in [2.45, 2.75) is 19.1 Å². The number of amides is 1. The number of allylic oxidation sites excluding steroid dienone is 1. The van der Waals surface area contributed by atoms with Crippen molar-refractivity contribution in [3.05, 3.63) is 54.4 Å². The average Bonchev–Trinajstić information content (AvgIpc) is 3.16. The first-order valence-electron chi connectivity index (χ1n) is 9.91. The molecule has 8 nitrogen and oxygen atoms in total. The van der Waals surface area contributed by atoms with Crippen LogP contribution >= 0.6 is 0 Å². The normalized spacial score (nSPS) is 13.0. The Labute approximate surface area is 187 Å². The second-order valence-electron chi connectivity index (χ2n) is 7.22. The van der Waals surface area contributed by atoms with Gasteiger partial charge in [-0.05, 0) is 25.1 Å². The lowest BCUT2D eigenvalue weighted by atomic mass is 10.1. The van der Waals surface area contributed by atoms with E-state index in [4.69, 9.17) is 10.5 Å². The number of pyridine rings is 1. The van der Waals surface area contributed by atoms with Gasteiger partial charge >= 0.3 is 6.18 Å². The Morgan fingerprint density at radius 1 is 1.36 bits per heavy atom. The number of carbonyl (C=O) groups excluding carboxylic acids is 1. The molecule has 3 aromatic rings. The zero-order valence-corrected chi connectivity index (χ0v) is 18.1. The molecule has 1 unspecified atom stereocenters. The van der Waals surface area contributed by atoms with Gasteiger partial charge in [-0.1, -0.05) is 13.2 Å². The number of hydrogen-bond donors (Lipinski definition) is 2. The van der Waals surface area contributed by atoms with E-state index >= 15 is 0 Å². The molecule has 0 radical (unpaired) electrons. The van der Waals surface area contributed by atoms with E-state index in [1.54, 1.807) is 43.0 Å². The van der Waals surface area contributed by atoms with Gasteiger partial charge in [0.1, 0.15) is 11.3 Å². The largest absolute Gasteiger partial charge is 0.417 e. The van der Waals surface area contributed by atoms with Gasteiger partial charge in [-0.2, -0.15) is 18.3 Å². The number of rotatable bonds is 8. The number of nitrogens with zero attached hydrogens (tertiary/aromatic N) is 4. The molecular formula is C22H23F3N6O2. The number of aromatic nitrogens is 3. The van der Waals surface area contributed by atoms with E-state index in [1.165, 1.54) is 0 Å². The predicted molar refractivity (Wildman–Crippen MR) is 121 cm³/mol. The fourth-order valence-electron chi connectivity index (χ4n) is 3.13. The number of nitrogens with one attached hydrogen (secondary N) is 1. The van der Waals surface area contributed by atoms with E-state index in [1.807, 2.05) is 0 Å².